The van der Waals surface area contributed by atoms with E-state index in [0.717, 1.165) is 44.6 Å². The highest BCUT2D eigenvalue weighted by Crippen LogP contribution is 2.18. The summed E-state index contributed by atoms with van der Waals surface area (Å²) in [6.07, 6.45) is 2.11. The van der Waals surface area contributed by atoms with Gasteiger partial charge in [0.1, 0.15) is 0 Å². The second kappa shape index (κ2) is 6.79. The van der Waals surface area contributed by atoms with Gasteiger partial charge in [-0.2, -0.15) is 0 Å². The predicted molar refractivity (Wildman–Crippen MR) is 73.3 cm³/mol. The van der Waals surface area contributed by atoms with Gasteiger partial charge in [-0.25, -0.2) is 8.78 Å². The van der Waals surface area contributed by atoms with Gasteiger partial charge in [0.2, 0.25) is 5.91 Å². The van der Waals surface area contributed by atoms with Crippen LogP contribution in [0.2, 0.25) is 0 Å². The molecule has 0 spiro atoms. The van der Waals surface area contributed by atoms with Gasteiger partial charge < -0.3 is 10.2 Å². The summed E-state index contributed by atoms with van der Waals surface area (Å²) in [5, 5.41) is 3.15. The van der Waals surface area contributed by atoms with Gasteiger partial charge in [-0.1, -0.05) is 6.07 Å². The lowest BCUT2D eigenvalue weighted by Crippen LogP contribution is -2.41. The van der Waals surface area contributed by atoms with E-state index in [1.54, 1.807) is 0 Å². The first-order valence-corrected chi connectivity index (χ1v) is 6.96. The Hall–Kier alpha value is -1.49. The normalized spacial score (nSPS) is 16.4. The second-order valence-electron chi connectivity index (χ2n) is 5.31. The summed E-state index contributed by atoms with van der Waals surface area (Å²) >= 11 is 0. The molecule has 3 nitrogen and oxygen atoms in total. The molecule has 0 aliphatic carbocycles. The fourth-order valence-electron chi connectivity index (χ4n) is 2.61. The number of hydrogen-bond donors (Lipinski definition) is 1. The molecule has 0 atom stereocenters. The van der Waals surface area contributed by atoms with E-state index >= 15 is 0 Å². The van der Waals surface area contributed by atoms with E-state index in [2.05, 4.69) is 5.32 Å². The average Bonchev–Trinajstić information content (AvgIpc) is 2.44. The van der Waals surface area contributed by atoms with Crippen molar-refractivity contribution in [2.75, 3.05) is 26.7 Å². The number of carbonyl (C=O) groups is 1. The third-order valence-electron chi connectivity index (χ3n) is 3.80. The molecule has 2 rings (SSSR count). The van der Waals surface area contributed by atoms with Crippen molar-refractivity contribution in [3.8, 4) is 0 Å². The lowest BCUT2D eigenvalue weighted by molar-refractivity contribution is -0.131. The molecule has 1 aliphatic heterocycles. The molecule has 1 heterocycles. The van der Waals surface area contributed by atoms with Gasteiger partial charge in [0.05, 0.1) is 6.42 Å². The van der Waals surface area contributed by atoms with E-state index in [0.29, 0.717) is 11.5 Å². The summed E-state index contributed by atoms with van der Waals surface area (Å²) in [5.74, 6) is -1.18. The molecule has 1 aliphatic rings. The Morgan fingerprint density at radius 1 is 1.30 bits per heavy atom. The number of piperidine rings is 1. The van der Waals surface area contributed by atoms with Crippen molar-refractivity contribution in [1.82, 2.24) is 10.2 Å². The first kappa shape index (κ1) is 14.9. The molecule has 0 radical (unpaired) electrons. The largest absolute Gasteiger partial charge is 0.342 e. The van der Waals surface area contributed by atoms with Crippen molar-refractivity contribution in [2.45, 2.75) is 19.3 Å². The Morgan fingerprint density at radius 3 is 2.60 bits per heavy atom. The number of nitrogens with one attached hydrogen (secondary N) is 1. The van der Waals surface area contributed by atoms with E-state index < -0.39 is 11.6 Å². The first-order valence-electron chi connectivity index (χ1n) is 6.96. The van der Waals surface area contributed by atoms with Crippen molar-refractivity contribution < 1.29 is 13.6 Å². The maximum Gasteiger partial charge on any atom is 0.226 e. The van der Waals surface area contributed by atoms with Crippen LogP contribution in [0.1, 0.15) is 18.4 Å². The van der Waals surface area contributed by atoms with Crippen LogP contribution in [-0.2, 0) is 11.2 Å². The van der Waals surface area contributed by atoms with Gasteiger partial charge in [0.25, 0.3) is 0 Å². The lowest BCUT2D eigenvalue weighted by atomic mass is 9.96. The molecule has 20 heavy (non-hydrogen) atoms. The highest BCUT2D eigenvalue weighted by atomic mass is 19.2. The number of amides is 1. The lowest BCUT2D eigenvalue weighted by Gasteiger charge is -2.32. The number of benzene rings is 1. The van der Waals surface area contributed by atoms with Gasteiger partial charge in [-0.15, -0.1) is 0 Å². The minimum Gasteiger partial charge on any atom is -0.342 e. The molecule has 0 saturated carbocycles. The van der Waals surface area contributed by atoms with Crippen LogP contribution in [0.25, 0.3) is 0 Å². The van der Waals surface area contributed by atoms with Gasteiger partial charge >= 0.3 is 0 Å². The van der Waals surface area contributed by atoms with Crippen molar-refractivity contribution in [3.05, 3.63) is 35.4 Å². The number of carbonyl (C=O) groups excluding carboxylic acids is 1. The molecule has 1 saturated heterocycles. The Labute approximate surface area is 118 Å². The zero-order valence-corrected chi connectivity index (χ0v) is 11.7. The topological polar surface area (TPSA) is 32.3 Å². The minimum absolute atomic E-state index is 0.0149. The number of halogens is 2. The summed E-state index contributed by atoms with van der Waals surface area (Å²) in [6.45, 7) is 2.47. The molecule has 1 aromatic carbocycles. The van der Waals surface area contributed by atoms with Gasteiger partial charge in [-0.05, 0) is 50.0 Å². The standard InChI is InChI=1S/C15H20F2N2O/c1-18-10-11-4-6-19(7-5-11)15(20)9-12-2-3-13(16)14(17)8-12/h2-3,8,11,18H,4-7,9-10H2,1H3. The molecule has 1 amide bonds. The highest BCUT2D eigenvalue weighted by Gasteiger charge is 2.22. The van der Waals surface area contributed by atoms with Gasteiger partial charge in [0.15, 0.2) is 11.6 Å². The molecule has 1 N–H and O–H groups in total. The SMILES string of the molecule is CNCC1CCN(C(=O)Cc2ccc(F)c(F)c2)CC1. The summed E-state index contributed by atoms with van der Waals surface area (Å²) in [4.78, 5) is 13.9. The van der Waals surface area contributed by atoms with Crippen LogP contribution in [0.3, 0.4) is 0 Å². The third-order valence-corrected chi connectivity index (χ3v) is 3.80. The van der Waals surface area contributed by atoms with E-state index in [-0.39, 0.29) is 12.3 Å². The van der Waals surface area contributed by atoms with Crippen LogP contribution in [0, 0.1) is 17.6 Å². The maximum atomic E-state index is 13.1. The van der Waals surface area contributed by atoms with Gasteiger partial charge in [0, 0.05) is 13.1 Å². The van der Waals surface area contributed by atoms with Crippen molar-refractivity contribution in [3.63, 3.8) is 0 Å². The summed E-state index contributed by atoms with van der Waals surface area (Å²) < 4.78 is 25.9. The molecule has 1 fully saturated rings. The van der Waals surface area contributed by atoms with Crippen molar-refractivity contribution >= 4 is 5.91 Å². The first-order chi connectivity index (χ1) is 9.60. The van der Waals surface area contributed by atoms with Crippen LogP contribution >= 0.6 is 0 Å². The summed E-state index contributed by atoms with van der Waals surface area (Å²) in [6, 6.07) is 3.63. The van der Waals surface area contributed by atoms with E-state index in [1.807, 2.05) is 11.9 Å². The number of likely N-dealkylation sites (tertiary alicyclic amines) is 1. The van der Waals surface area contributed by atoms with E-state index in [1.165, 1.54) is 6.07 Å². The number of nitrogens with zero attached hydrogens (tertiary/aromatic N) is 1. The quantitative estimate of drug-likeness (QED) is 0.915. The Bertz CT molecular complexity index is 471. The molecule has 5 heteroatoms. The zero-order valence-electron chi connectivity index (χ0n) is 11.7. The van der Waals surface area contributed by atoms with E-state index in [9.17, 15) is 13.6 Å². The Morgan fingerprint density at radius 2 is 2.00 bits per heavy atom. The molecule has 0 aromatic heterocycles. The highest BCUT2D eigenvalue weighted by molar-refractivity contribution is 5.78. The second-order valence-corrected chi connectivity index (χ2v) is 5.31. The van der Waals surface area contributed by atoms with Crippen LogP contribution in [-0.4, -0.2) is 37.5 Å². The van der Waals surface area contributed by atoms with Crippen molar-refractivity contribution in [2.24, 2.45) is 5.92 Å². The van der Waals surface area contributed by atoms with Crippen LogP contribution < -0.4 is 5.32 Å². The summed E-state index contributed by atoms with van der Waals surface area (Å²) in [5.41, 5.74) is 0.520. The Balaban J connectivity index is 1.88. The average molecular weight is 282 g/mol. The van der Waals surface area contributed by atoms with Gasteiger partial charge in [-0.3, -0.25) is 4.79 Å². The smallest absolute Gasteiger partial charge is 0.226 e. The molecule has 110 valence electrons. The fraction of sp³-hybridized carbons (Fsp3) is 0.533. The minimum atomic E-state index is -0.900. The fourth-order valence-corrected chi connectivity index (χ4v) is 2.61. The van der Waals surface area contributed by atoms with E-state index in [4.69, 9.17) is 0 Å². The Kier molecular flexibility index (Phi) is 5.06. The zero-order chi connectivity index (χ0) is 14.5. The number of rotatable bonds is 4. The van der Waals surface area contributed by atoms with Crippen LogP contribution in [0.4, 0.5) is 8.78 Å². The number of hydrogen-bond acceptors (Lipinski definition) is 2. The monoisotopic (exact) mass is 282 g/mol. The predicted octanol–water partition coefficient (Wildman–Crippen LogP) is 1.97. The molecule has 0 bridgehead atoms. The van der Waals surface area contributed by atoms with Crippen LogP contribution in [0.5, 0.6) is 0 Å². The third kappa shape index (κ3) is 3.76. The molecular formula is C15H20F2N2O. The maximum absolute atomic E-state index is 13.1. The molecular weight excluding hydrogens is 262 g/mol. The molecule has 0 unspecified atom stereocenters. The van der Waals surface area contributed by atoms with Crippen molar-refractivity contribution in [1.29, 1.82) is 0 Å². The summed E-state index contributed by atoms with van der Waals surface area (Å²) in [7, 11) is 1.93. The van der Waals surface area contributed by atoms with Crippen LogP contribution in [0.15, 0.2) is 18.2 Å². The molecule has 1 aromatic rings.